The SMILES string of the molecule is CCCN1CCc2ccc(CO)cc2CC1. The summed E-state index contributed by atoms with van der Waals surface area (Å²) in [5.41, 5.74) is 3.95. The third-order valence-corrected chi connectivity index (χ3v) is 3.39. The van der Waals surface area contributed by atoms with Gasteiger partial charge in [0.05, 0.1) is 6.61 Å². The lowest BCUT2D eigenvalue weighted by atomic mass is 10.0. The first-order valence-corrected chi connectivity index (χ1v) is 6.27. The van der Waals surface area contributed by atoms with Crippen LogP contribution in [0.15, 0.2) is 18.2 Å². The van der Waals surface area contributed by atoms with Crippen LogP contribution in [-0.2, 0) is 19.4 Å². The van der Waals surface area contributed by atoms with Crippen LogP contribution in [0.3, 0.4) is 0 Å². The summed E-state index contributed by atoms with van der Waals surface area (Å²) < 4.78 is 0. The second kappa shape index (κ2) is 5.46. The molecule has 2 rings (SSSR count). The first-order chi connectivity index (χ1) is 7.83. The van der Waals surface area contributed by atoms with E-state index in [2.05, 4.69) is 24.0 Å². The molecule has 0 fully saturated rings. The van der Waals surface area contributed by atoms with Gasteiger partial charge < -0.3 is 10.0 Å². The molecule has 0 aliphatic carbocycles. The van der Waals surface area contributed by atoms with Gasteiger partial charge in [-0.25, -0.2) is 0 Å². The average Bonchev–Trinajstić information content (AvgIpc) is 2.52. The second-order valence-corrected chi connectivity index (χ2v) is 4.60. The normalized spacial score (nSPS) is 16.9. The number of benzene rings is 1. The quantitative estimate of drug-likeness (QED) is 0.840. The van der Waals surface area contributed by atoms with Gasteiger partial charge in [0, 0.05) is 13.1 Å². The molecule has 0 atom stereocenters. The first kappa shape index (κ1) is 11.6. The van der Waals surface area contributed by atoms with E-state index in [1.165, 1.54) is 30.6 Å². The Hall–Kier alpha value is -0.860. The van der Waals surface area contributed by atoms with Crippen molar-refractivity contribution in [3.8, 4) is 0 Å². The van der Waals surface area contributed by atoms with E-state index in [1.807, 2.05) is 6.07 Å². The van der Waals surface area contributed by atoms with Gasteiger partial charge >= 0.3 is 0 Å². The highest BCUT2D eigenvalue weighted by atomic mass is 16.3. The maximum atomic E-state index is 9.14. The second-order valence-electron chi connectivity index (χ2n) is 4.60. The topological polar surface area (TPSA) is 23.5 Å². The predicted molar refractivity (Wildman–Crippen MR) is 66.5 cm³/mol. The smallest absolute Gasteiger partial charge is 0.0681 e. The van der Waals surface area contributed by atoms with Crippen LogP contribution in [0.2, 0.25) is 0 Å². The number of aliphatic hydroxyl groups is 1. The Morgan fingerprint density at radius 1 is 1.19 bits per heavy atom. The van der Waals surface area contributed by atoms with Crippen molar-refractivity contribution in [2.45, 2.75) is 32.8 Å². The van der Waals surface area contributed by atoms with Gasteiger partial charge in [-0.05, 0) is 42.5 Å². The molecule has 1 aliphatic rings. The Kier molecular flexibility index (Phi) is 3.97. The largest absolute Gasteiger partial charge is 0.392 e. The minimum atomic E-state index is 0.159. The molecule has 0 saturated heterocycles. The lowest BCUT2D eigenvalue weighted by Crippen LogP contribution is -2.27. The maximum Gasteiger partial charge on any atom is 0.0681 e. The zero-order valence-corrected chi connectivity index (χ0v) is 10.1. The van der Waals surface area contributed by atoms with Gasteiger partial charge in [0.25, 0.3) is 0 Å². The Morgan fingerprint density at radius 3 is 2.62 bits per heavy atom. The summed E-state index contributed by atoms with van der Waals surface area (Å²) in [5.74, 6) is 0. The molecule has 16 heavy (non-hydrogen) atoms. The molecule has 0 amide bonds. The zero-order valence-electron chi connectivity index (χ0n) is 10.1. The molecule has 1 aromatic carbocycles. The van der Waals surface area contributed by atoms with Gasteiger partial charge in [-0.3, -0.25) is 0 Å². The summed E-state index contributed by atoms with van der Waals surface area (Å²) in [6.07, 6.45) is 3.52. The van der Waals surface area contributed by atoms with E-state index in [0.29, 0.717) is 0 Å². The molecule has 0 aromatic heterocycles. The van der Waals surface area contributed by atoms with E-state index in [4.69, 9.17) is 5.11 Å². The summed E-state index contributed by atoms with van der Waals surface area (Å²) in [6, 6.07) is 6.41. The maximum absolute atomic E-state index is 9.14. The van der Waals surface area contributed by atoms with Gasteiger partial charge in [-0.2, -0.15) is 0 Å². The molecule has 1 aliphatic heterocycles. The first-order valence-electron chi connectivity index (χ1n) is 6.27. The molecule has 1 heterocycles. The lowest BCUT2D eigenvalue weighted by molar-refractivity contribution is 0.281. The molecule has 1 aromatic rings. The molecule has 1 N–H and O–H groups in total. The van der Waals surface area contributed by atoms with Crippen LogP contribution >= 0.6 is 0 Å². The molecule has 0 spiro atoms. The number of hydrogen-bond donors (Lipinski definition) is 1. The van der Waals surface area contributed by atoms with Gasteiger partial charge in [-0.15, -0.1) is 0 Å². The van der Waals surface area contributed by atoms with Crippen LogP contribution < -0.4 is 0 Å². The number of hydrogen-bond acceptors (Lipinski definition) is 2. The van der Waals surface area contributed by atoms with Crippen molar-refractivity contribution in [2.24, 2.45) is 0 Å². The van der Waals surface area contributed by atoms with Crippen molar-refractivity contribution in [3.05, 3.63) is 34.9 Å². The molecular formula is C14H21NO. The van der Waals surface area contributed by atoms with Crippen LogP contribution in [0.1, 0.15) is 30.0 Å². The fourth-order valence-corrected chi connectivity index (χ4v) is 2.46. The van der Waals surface area contributed by atoms with Gasteiger partial charge in [0.1, 0.15) is 0 Å². The summed E-state index contributed by atoms with van der Waals surface area (Å²) in [5, 5.41) is 9.14. The summed E-state index contributed by atoms with van der Waals surface area (Å²) in [4.78, 5) is 2.54. The van der Waals surface area contributed by atoms with E-state index in [9.17, 15) is 0 Å². The number of fused-ring (bicyclic) bond motifs is 1. The average molecular weight is 219 g/mol. The molecule has 0 unspecified atom stereocenters. The number of nitrogens with zero attached hydrogens (tertiary/aromatic N) is 1. The summed E-state index contributed by atoms with van der Waals surface area (Å²) >= 11 is 0. The Balaban J connectivity index is 2.11. The van der Waals surface area contributed by atoms with Crippen LogP contribution in [0, 0.1) is 0 Å². The lowest BCUT2D eigenvalue weighted by Gasteiger charge is -2.18. The van der Waals surface area contributed by atoms with Gasteiger partial charge in [0.15, 0.2) is 0 Å². The Morgan fingerprint density at radius 2 is 1.94 bits per heavy atom. The third kappa shape index (κ3) is 2.63. The molecule has 0 radical (unpaired) electrons. The standard InChI is InChI=1S/C14H21NO/c1-2-7-15-8-5-13-4-3-12(11-16)10-14(13)6-9-15/h3-4,10,16H,2,5-9,11H2,1H3. The predicted octanol–water partition coefficient (Wildman–Crippen LogP) is 1.99. The van der Waals surface area contributed by atoms with Gasteiger partial charge in [0.2, 0.25) is 0 Å². The molecule has 0 saturated carbocycles. The van der Waals surface area contributed by atoms with Crippen molar-refractivity contribution < 1.29 is 5.11 Å². The van der Waals surface area contributed by atoms with Crippen molar-refractivity contribution in [2.75, 3.05) is 19.6 Å². The minimum absolute atomic E-state index is 0.159. The van der Waals surface area contributed by atoms with E-state index in [0.717, 1.165) is 24.9 Å². The van der Waals surface area contributed by atoms with Crippen molar-refractivity contribution in [1.29, 1.82) is 0 Å². The van der Waals surface area contributed by atoms with Crippen molar-refractivity contribution in [3.63, 3.8) is 0 Å². The monoisotopic (exact) mass is 219 g/mol. The molecular weight excluding hydrogens is 198 g/mol. The third-order valence-electron chi connectivity index (χ3n) is 3.39. The van der Waals surface area contributed by atoms with Crippen molar-refractivity contribution in [1.82, 2.24) is 4.90 Å². The van der Waals surface area contributed by atoms with Gasteiger partial charge in [-0.1, -0.05) is 25.1 Å². The van der Waals surface area contributed by atoms with E-state index in [1.54, 1.807) is 0 Å². The highest BCUT2D eigenvalue weighted by Crippen LogP contribution is 2.18. The fraction of sp³-hybridized carbons (Fsp3) is 0.571. The highest BCUT2D eigenvalue weighted by molar-refractivity contribution is 5.33. The molecule has 2 heteroatoms. The van der Waals surface area contributed by atoms with E-state index >= 15 is 0 Å². The molecule has 2 nitrogen and oxygen atoms in total. The van der Waals surface area contributed by atoms with Crippen LogP contribution in [0.25, 0.3) is 0 Å². The van der Waals surface area contributed by atoms with E-state index in [-0.39, 0.29) is 6.61 Å². The van der Waals surface area contributed by atoms with Crippen LogP contribution in [-0.4, -0.2) is 29.6 Å². The highest BCUT2D eigenvalue weighted by Gasteiger charge is 2.13. The fourth-order valence-electron chi connectivity index (χ4n) is 2.46. The summed E-state index contributed by atoms with van der Waals surface area (Å²) in [6.45, 7) is 5.95. The van der Waals surface area contributed by atoms with Crippen LogP contribution in [0.5, 0.6) is 0 Å². The van der Waals surface area contributed by atoms with Crippen LogP contribution in [0.4, 0.5) is 0 Å². The zero-order chi connectivity index (χ0) is 11.4. The number of rotatable bonds is 3. The van der Waals surface area contributed by atoms with Crippen molar-refractivity contribution >= 4 is 0 Å². The van der Waals surface area contributed by atoms with E-state index < -0.39 is 0 Å². The Bertz CT molecular complexity index is 349. The molecule has 88 valence electrons. The Labute approximate surface area is 97.9 Å². The molecule has 0 bridgehead atoms. The summed E-state index contributed by atoms with van der Waals surface area (Å²) in [7, 11) is 0. The number of aliphatic hydroxyl groups excluding tert-OH is 1. The minimum Gasteiger partial charge on any atom is -0.392 e.